The van der Waals surface area contributed by atoms with Crippen molar-refractivity contribution in [3.05, 3.63) is 66.2 Å². The Morgan fingerprint density at radius 3 is 2.55 bits per heavy atom. The molecule has 3 aromatic carbocycles. The Labute approximate surface area is 166 Å². The van der Waals surface area contributed by atoms with Crippen molar-refractivity contribution < 1.29 is 9.84 Å². The Morgan fingerprint density at radius 2 is 1.79 bits per heavy atom. The number of aliphatic imine (C=N–C) groups is 1. The number of ether oxygens (including phenoxy) is 1. The Balaban J connectivity index is 1.62. The number of para-hydroxylation sites is 2. The maximum Gasteiger partial charge on any atom is 0.160 e. The second-order valence-electron chi connectivity index (χ2n) is 6.83. The molecule has 0 radical (unpaired) electrons. The number of nitrogens with zero attached hydrogens (tertiary/aromatic N) is 4. The molecular formula is C23H18N4O2. The van der Waals surface area contributed by atoms with Gasteiger partial charge in [0, 0.05) is 30.3 Å². The summed E-state index contributed by atoms with van der Waals surface area (Å²) in [5.41, 5.74) is 5.87. The molecule has 2 heterocycles. The monoisotopic (exact) mass is 382 g/mol. The summed E-state index contributed by atoms with van der Waals surface area (Å²) in [7, 11) is 3.56. The first-order valence-electron chi connectivity index (χ1n) is 9.20. The molecule has 0 aliphatic heterocycles. The number of fused-ring (bicyclic) bond motifs is 4. The summed E-state index contributed by atoms with van der Waals surface area (Å²) in [6, 6.07) is 18.9. The molecule has 0 atom stereocenters. The van der Waals surface area contributed by atoms with Gasteiger partial charge in [-0.2, -0.15) is 0 Å². The van der Waals surface area contributed by atoms with E-state index in [-0.39, 0.29) is 5.75 Å². The van der Waals surface area contributed by atoms with E-state index in [1.165, 1.54) is 0 Å². The van der Waals surface area contributed by atoms with Gasteiger partial charge in [0.25, 0.3) is 0 Å². The van der Waals surface area contributed by atoms with Gasteiger partial charge in [0.15, 0.2) is 5.65 Å². The van der Waals surface area contributed by atoms with Gasteiger partial charge in [-0.25, -0.2) is 9.97 Å². The van der Waals surface area contributed by atoms with Crippen molar-refractivity contribution in [2.45, 2.75) is 0 Å². The molecule has 5 rings (SSSR count). The molecule has 0 aliphatic rings. The van der Waals surface area contributed by atoms with E-state index in [1.807, 2.05) is 54.1 Å². The maximum atomic E-state index is 10.1. The normalized spacial score (nSPS) is 11.8. The minimum atomic E-state index is 0.122. The SMILES string of the molecule is COc1ccc(C=Nc2ccc3c(c2)c2nc4ccccc4nc2n3C)c(O)c1. The van der Waals surface area contributed by atoms with E-state index in [0.717, 1.165) is 38.8 Å². The van der Waals surface area contributed by atoms with Crippen LogP contribution in [0, 0.1) is 0 Å². The third-order valence-electron chi connectivity index (χ3n) is 5.06. The molecule has 29 heavy (non-hydrogen) atoms. The first kappa shape index (κ1) is 17.2. The van der Waals surface area contributed by atoms with Crippen LogP contribution in [0.3, 0.4) is 0 Å². The molecule has 0 bridgehead atoms. The lowest BCUT2D eigenvalue weighted by atomic mass is 10.2. The summed E-state index contributed by atoms with van der Waals surface area (Å²) in [4.78, 5) is 14.2. The zero-order valence-electron chi connectivity index (χ0n) is 16.0. The Bertz CT molecular complexity index is 1420. The minimum Gasteiger partial charge on any atom is -0.507 e. The average Bonchev–Trinajstić information content (AvgIpc) is 3.02. The molecule has 0 amide bonds. The number of hydrogen-bond donors (Lipinski definition) is 1. The number of methoxy groups -OCH3 is 1. The van der Waals surface area contributed by atoms with Gasteiger partial charge in [-0.15, -0.1) is 0 Å². The zero-order valence-corrected chi connectivity index (χ0v) is 16.0. The van der Waals surface area contributed by atoms with Crippen LogP contribution >= 0.6 is 0 Å². The molecule has 0 fully saturated rings. The number of phenolic OH excluding ortho intramolecular Hbond substituents is 1. The number of aromatic hydroxyl groups is 1. The molecule has 0 spiro atoms. The minimum absolute atomic E-state index is 0.122. The lowest BCUT2D eigenvalue weighted by Gasteiger charge is -2.03. The van der Waals surface area contributed by atoms with Gasteiger partial charge in [-0.05, 0) is 42.5 Å². The Hall–Kier alpha value is -3.93. The molecule has 6 heteroatoms. The topological polar surface area (TPSA) is 72.5 Å². The van der Waals surface area contributed by atoms with Crippen LogP contribution in [-0.2, 0) is 7.05 Å². The lowest BCUT2D eigenvalue weighted by molar-refractivity contribution is 0.407. The van der Waals surface area contributed by atoms with E-state index in [0.29, 0.717) is 11.3 Å². The van der Waals surface area contributed by atoms with E-state index in [9.17, 15) is 5.11 Å². The largest absolute Gasteiger partial charge is 0.507 e. The molecule has 0 saturated heterocycles. The summed E-state index contributed by atoms with van der Waals surface area (Å²) in [6.07, 6.45) is 1.64. The van der Waals surface area contributed by atoms with Gasteiger partial charge in [0.1, 0.15) is 17.0 Å². The van der Waals surface area contributed by atoms with E-state index in [2.05, 4.69) is 4.99 Å². The molecule has 2 aromatic heterocycles. The molecule has 0 saturated carbocycles. The number of aryl methyl sites for hydroxylation is 1. The van der Waals surface area contributed by atoms with Gasteiger partial charge in [0.05, 0.1) is 29.3 Å². The van der Waals surface area contributed by atoms with Crippen molar-refractivity contribution in [1.82, 2.24) is 14.5 Å². The van der Waals surface area contributed by atoms with Crippen molar-refractivity contribution >= 4 is 45.0 Å². The predicted molar refractivity (Wildman–Crippen MR) is 115 cm³/mol. The van der Waals surface area contributed by atoms with E-state index < -0.39 is 0 Å². The number of phenols is 1. The smallest absolute Gasteiger partial charge is 0.160 e. The molecule has 5 aromatic rings. The lowest BCUT2D eigenvalue weighted by Crippen LogP contribution is -1.91. The predicted octanol–water partition coefficient (Wildman–Crippen LogP) is 4.74. The van der Waals surface area contributed by atoms with Crippen molar-refractivity contribution in [2.75, 3.05) is 7.11 Å². The third-order valence-corrected chi connectivity index (χ3v) is 5.06. The highest BCUT2D eigenvalue weighted by Gasteiger charge is 2.12. The van der Waals surface area contributed by atoms with Gasteiger partial charge >= 0.3 is 0 Å². The van der Waals surface area contributed by atoms with Crippen LogP contribution in [0.5, 0.6) is 11.5 Å². The highest BCUT2D eigenvalue weighted by molar-refractivity contribution is 6.07. The fourth-order valence-electron chi connectivity index (χ4n) is 3.51. The van der Waals surface area contributed by atoms with E-state index in [4.69, 9.17) is 14.7 Å². The molecule has 0 unspecified atom stereocenters. The van der Waals surface area contributed by atoms with Gasteiger partial charge in [-0.1, -0.05) is 12.1 Å². The van der Waals surface area contributed by atoms with Crippen LogP contribution in [0.4, 0.5) is 5.69 Å². The Kier molecular flexibility index (Phi) is 3.91. The van der Waals surface area contributed by atoms with Gasteiger partial charge in [0.2, 0.25) is 0 Å². The average molecular weight is 382 g/mol. The number of rotatable bonds is 3. The standard InChI is InChI=1S/C23H18N4O2/c1-27-20-10-8-15(24-13-14-7-9-16(29-2)12-21(14)28)11-17(20)22-23(27)26-19-6-4-3-5-18(19)25-22/h3-13,28H,1-2H3. The summed E-state index contributed by atoms with van der Waals surface area (Å²) in [6.45, 7) is 0. The number of benzene rings is 3. The molecule has 142 valence electrons. The summed E-state index contributed by atoms with van der Waals surface area (Å²) >= 11 is 0. The highest BCUT2D eigenvalue weighted by atomic mass is 16.5. The Morgan fingerprint density at radius 1 is 1.00 bits per heavy atom. The first-order valence-corrected chi connectivity index (χ1v) is 9.20. The summed E-state index contributed by atoms with van der Waals surface area (Å²) in [5.74, 6) is 0.722. The van der Waals surface area contributed by atoms with Crippen LogP contribution < -0.4 is 4.74 Å². The fraction of sp³-hybridized carbons (Fsp3) is 0.0870. The second kappa shape index (κ2) is 6.60. The van der Waals surface area contributed by atoms with Crippen LogP contribution in [0.15, 0.2) is 65.7 Å². The van der Waals surface area contributed by atoms with Crippen molar-refractivity contribution in [3.63, 3.8) is 0 Å². The number of aromatic nitrogens is 3. The van der Waals surface area contributed by atoms with E-state index >= 15 is 0 Å². The highest BCUT2D eigenvalue weighted by Crippen LogP contribution is 2.30. The van der Waals surface area contributed by atoms with Crippen LogP contribution in [0.2, 0.25) is 0 Å². The molecule has 0 aliphatic carbocycles. The quantitative estimate of drug-likeness (QED) is 0.458. The third kappa shape index (κ3) is 2.86. The van der Waals surface area contributed by atoms with E-state index in [1.54, 1.807) is 31.5 Å². The van der Waals surface area contributed by atoms with Crippen LogP contribution in [0.25, 0.3) is 33.1 Å². The maximum absolute atomic E-state index is 10.1. The zero-order chi connectivity index (χ0) is 20.0. The molecular weight excluding hydrogens is 364 g/mol. The van der Waals surface area contributed by atoms with Gasteiger partial charge < -0.3 is 14.4 Å². The summed E-state index contributed by atoms with van der Waals surface area (Å²) in [5, 5.41) is 11.1. The van der Waals surface area contributed by atoms with Crippen molar-refractivity contribution in [3.8, 4) is 11.5 Å². The fourth-order valence-corrected chi connectivity index (χ4v) is 3.51. The van der Waals surface area contributed by atoms with Crippen LogP contribution in [0.1, 0.15) is 5.56 Å². The number of hydrogen-bond acceptors (Lipinski definition) is 5. The van der Waals surface area contributed by atoms with Crippen molar-refractivity contribution in [2.24, 2.45) is 12.0 Å². The molecule has 1 N–H and O–H groups in total. The summed E-state index contributed by atoms with van der Waals surface area (Å²) < 4.78 is 7.16. The van der Waals surface area contributed by atoms with Gasteiger partial charge in [-0.3, -0.25) is 4.99 Å². The van der Waals surface area contributed by atoms with Crippen molar-refractivity contribution in [1.29, 1.82) is 0 Å². The second-order valence-corrected chi connectivity index (χ2v) is 6.83. The molecule has 6 nitrogen and oxygen atoms in total. The van der Waals surface area contributed by atoms with Crippen LogP contribution in [-0.4, -0.2) is 33.0 Å². The first-order chi connectivity index (χ1) is 14.1.